The van der Waals surface area contributed by atoms with Gasteiger partial charge in [-0.1, -0.05) is 39.0 Å². The van der Waals surface area contributed by atoms with E-state index in [2.05, 4.69) is 6.92 Å². The molecule has 0 bridgehead atoms. The van der Waals surface area contributed by atoms with E-state index in [0.29, 0.717) is 11.8 Å². The zero-order chi connectivity index (χ0) is 10.8. The van der Waals surface area contributed by atoms with Crippen molar-refractivity contribution in [3.63, 3.8) is 0 Å². The number of nitrogens with two attached hydrogens (primary N) is 1. The van der Waals surface area contributed by atoms with Crippen LogP contribution in [0.4, 0.5) is 0 Å². The van der Waals surface area contributed by atoms with E-state index in [9.17, 15) is 5.11 Å². The van der Waals surface area contributed by atoms with Gasteiger partial charge in [-0.3, -0.25) is 0 Å². The first kappa shape index (κ1) is 12.0. The zero-order valence-corrected chi connectivity index (χ0v) is 9.79. The number of aliphatic hydroxyl groups excluding tert-OH is 1. The largest absolute Gasteiger partial charge is 0.391 e. The minimum absolute atomic E-state index is 0.343. The second-order valence-electron chi connectivity index (χ2n) is 5.52. The summed E-state index contributed by atoms with van der Waals surface area (Å²) in [5.41, 5.74) is 5.48. The van der Waals surface area contributed by atoms with Crippen LogP contribution in [-0.2, 0) is 0 Å². The molecular weight excluding hydrogens is 174 g/mol. The summed E-state index contributed by atoms with van der Waals surface area (Å²) in [5.74, 6) is 1.02. The van der Waals surface area contributed by atoms with Gasteiger partial charge in [0, 0.05) is 5.54 Å². The molecule has 0 aromatic heterocycles. The highest BCUT2D eigenvalue weighted by Gasteiger charge is 2.33. The molecule has 1 aliphatic carbocycles. The first-order valence-electron chi connectivity index (χ1n) is 5.90. The molecule has 0 aromatic carbocycles. The highest BCUT2D eigenvalue weighted by molar-refractivity contribution is 4.88. The topological polar surface area (TPSA) is 46.2 Å². The second kappa shape index (κ2) is 4.63. The molecule has 0 heterocycles. The molecule has 1 aliphatic rings. The van der Waals surface area contributed by atoms with Gasteiger partial charge >= 0.3 is 0 Å². The van der Waals surface area contributed by atoms with Gasteiger partial charge in [0.15, 0.2) is 0 Å². The molecule has 0 aromatic rings. The maximum Gasteiger partial charge on any atom is 0.0742 e. The standard InChI is InChI=1S/C12H25NO/c1-9(11(14)12(2,3)13)10-7-5-4-6-8-10/h9-11,14H,4-8,13H2,1-3H3. The Labute approximate surface area is 87.9 Å². The van der Waals surface area contributed by atoms with Crippen molar-refractivity contribution < 1.29 is 5.11 Å². The van der Waals surface area contributed by atoms with E-state index in [1.54, 1.807) is 0 Å². The van der Waals surface area contributed by atoms with Crippen molar-refractivity contribution in [2.24, 2.45) is 17.6 Å². The Morgan fingerprint density at radius 1 is 1.21 bits per heavy atom. The summed E-state index contributed by atoms with van der Waals surface area (Å²) in [6.45, 7) is 5.98. The quantitative estimate of drug-likeness (QED) is 0.732. The van der Waals surface area contributed by atoms with E-state index in [-0.39, 0.29) is 6.10 Å². The summed E-state index contributed by atoms with van der Waals surface area (Å²) < 4.78 is 0. The second-order valence-corrected chi connectivity index (χ2v) is 5.52. The normalized spacial score (nSPS) is 24.6. The van der Waals surface area contributed by atoms with Gasteiger partial charge in [-0.15, -0.1) is 0 Å². The van der Waals surface area contributed by atoms with Crippen molar-refractivity contribution in [2.45, 2.75) is 64.5 Å². The number of hydrogen-bond donors (Lipinski definition) is 2. The van der Waals surface area contributed by atoms with Gasteiger partial charge in [-0.25, -0.2) is 0 Å². The SMILES string of the molecule is CC(C1CCCCC1)C(O)C(C)(C)N. The van der Waals surface area contributed by atoms with Crippen LogP contribution in [0.5, 0.6) is 0 Å². The molecule has 1 saturated carbocycles. The van der Waals surface area contributed by atoms with Crippen LogP contribution >= 0.6 is 0 Å². The molecule has 0 amide bonds. The maximum absolute atomic E-state index is 10.1. The third kappa shape index (κ3) is 2.96. The van der Waals surface area contributed by atoms with Crippen LogP contribution in [-0.4, -0.2) is 16.7 Å². The first-order valence-corrected chi connectivity index (χ1v) is 5.90. The Balaban J connectivity index is 2.50. The molecule has 2 unspecified atom stereocenters. The summed E-state index contributed by atoms with van der Waals surface area (Å²) in [4.78, 5) is 0. The van der Waals surface area contributed by atoms with Gasteiger partial charge in [0.05, 0.1) is 6.10 Å². The van der Waals surface area contributed by atoms with E-state index in [0.717, 1.165) is 0 Å². The summed E-state index contributed by atoms with van der Waals surface area (Å²) >= 11 is 0. The Bertz CT molecular complexity index is 168. The number of rotatable bonds is 3. The molecule has 0 spiro atoms. The Morgan fingerprint density at radius 2 is 1.71 bits per heavy atom. The van der Waals surface area contributed by atoms with Gasteiger partial charge < -0.3 is 10.8 Å². The van der Waals surface area contributed by atoms with Crippen LogP contribution in [0.2, 0.25) is 0 Å². The number of aliphatic hydroxyl groups is 1. The smallest absolute Gasteiger partial charge is 0.0742 e. The molecule has 1 rings (SSSR count). The molecule has 0 saturated heterocycles. The molecule has 2 nitrogen and oxygen atoms in total. The summed E-state index contributed by atoms with van der Waals surface area (Å²) in [5, 5.41) is 10.1. The van der Waals surface area contributed by atoms with Crippen molar-refractivity contribution in [3.05, 3.63) is 0 Å². The monoisotopic (exact) mass is 199 g/mol. The van der Waals surface area contributed by atoms with Crippen molar-refractivity contribution in [1.82, 2.24) is 0 Å². The summed E-state index contributed by atoms with van der Waals surface area (Å²) in [6, 6.07) is 0. The number of hydrogen-bond acceptors (Lipinski definition) is 2. The van der Waals surface area contributed by atoms with Crippen molar-refractivity contribution in [1.29, 1.82) is 0 Å². The predicted molar refractivity (Wildman–Crippen MR) is 60.0 cm³/mol. The van der Waals surface area contributed by atoms with Gasteiger partial charge in [-0.2, -0.15) is 0 Å². The Hall–Kier alpha value is -0.0800. The van der Waals surface area contributed by atoms with E-state index in [4.69, 9.17) is 5.73 Å². The molecule has 14 heavy (non-hydrogen) atoms. The molecule has 1 fully saturated rings. The van der Waals surface area contributed by atoms with Crippen molar-refractivity contribution in [3.8, 4) is 0 Å². The lowest BCUT2D eigenvalue weighted by atomic mass is 9.74. The minimum atomic E-state index is -0.461. The molecule has 3 N–H and O–H groups in total. The third-order valence-corrected chi connectivity index (χ3v) is 3.65. The molecule has 0 aliphatic heterocycles. The van der Waals surface area contributed by atoms with Crippen molar-refractivity contribution >= 4 is 0 Å². The van der Waals surface area contributed by atoms with E-state index >= 15 is 0 Å². The molecule has 0 radical (unpaired) electrons. The Morgan fingerprint density at radius 3 is 2.14 bits per heavy atom. The predicted octanol–water partition coefficient (Wildman–Crippen LogP) is 2.30. The summed E-state index contributed by atoms with van der Waals surface area (Å²) in [7, 11) is 0. The fourth-order valence-electron chi connectivity index (χ4n) is 2.60. The Kier molecular flexibility index (Phi) is 3.96. The highest BCUT2D eigenvalue weighted by atomic mass is 16.3. The average molecular weight is 199 g/mol. The summed E-state index contributed by atoms with van der Waals surface area (Å²) in [6.07, 6.45) is 6.19. The molecular formula is C12H25NO. The van der Waals surface area contributed by atoms with Gasteiger partial charge in [0.25, 0.3) is 0 Å². The maximum atomic E-state index is 10.1. The molecule has 2 heteroatoms. The lowest BCUT2D eigenvalue weighted by Gasteiger charge is -2.37. The fraction of sp³-hybridized carbons (Fsp3) is 1.00. The van der Waals surface area contributed by atoms with Crippen LogP contribution in [0.15, 0.2) is 0 Å². The zero-order valence-electron chi connectivity index (χ0n) is 9.79. The van der Waals surface area contributed by atoms with E-state index in [1.165, 1.54) is 32.1 Å². The van der Waals surface area contributed by atoms with Crippen LogP contribution in [0.25, 0.3) is 0 Å². The minimum Gasteiger partial charge on any atom is -0.391 e. The fourth-order valence-corrected chi connectivity index (χ4v) is 2.60. The van der Waals surface area contributed by atoms with Gasteiger partial charge in [0.2, 0.25) is 0 Å². The van der Waals surface area contributed by atoms with Crippen LogP contribution in [0.1, 0.15) is 52.9 Å². The lowest BCUT2D eigenvalue weighted by Crippen LogP contribution is -2.50. The van der Waals surface area contributed by atoms with Gasteiger partial charge in [0.1, 0.15) is 0 Å². The average Bonchev–Trinajstić information content (AvgIpc) is 2.15. The van der Waals surface area contributed by atoms with E-state index in [1.807, 2.05) is 13.8 Å². The van der Waals surface area contributed by atoms with Crippen molar-refractivity contribution in [2.75, 3.05) is 0 Å². The lowest BCUT2D eigenvalue weighted by molar-refractivity contribution is 0.0199. The van der Waals surface area contributed by atoms with Crippen LogP contribution in [0.3, 0.4) is 0 Å². The first-order chi connectivity index (χ1) is 6.43. The van der Waals surface area contributed by atoms with Gasteiger partial charge in [-0.05, 0) is 25.7 Å². The van der Waals surface area contributed by atoms with E-state index < -0.39 is 5.54 Å². The molecule has 2 atom stereocenters. The molecule has 84 valence electrons. The highest BCUT2D eigenvalue weighted by Crippen LogP contribution is 2.33. The van der Waals surface area contributed by atoms with Crippen LogP contribution < -0.4 is 5.73 Å². The third-order valence-electron chi connectivity index (χ3n) is 3.65. The van der Waals surface area contributed by atoms with Crippen LogP contribution in [0, 0.1) is 11.8 Å².